The highest BCUT2D eigenvalue weighted by Crippen LogP contribution is 2.32. The van der Waals surface area contributed by atoms with Gasteiger partial charge in [-0.1, -0.05) is 23.2 Å². The fourth-order valence-corrected chi connectivity index (χ4v) is 3.45. The summed E-state index contributed by atoms with van der Waals surface area (Å²) >= 11 is 16.2. The second-order valence-electron chi connectivity index (χ2n) is 5.81. The number of aromatic nitrogens is 2. The van der Waals surface area contributed by atoms with Crippen molar-refractivity contribution in [1.82, 2.24) is 9.38 Å². The monoisotopic (exact) mass is 491 g/mol. The normalized spacial score (nSPS) is 10.6. The lowest BCUT2D eigenvalue weighted by Crippen LogP contribution is -2.22. The van der Waals surface area contributed by atoms with Gasteiger partial charge >= 0.3 is 0 Å². The van der Waals surface area contributed by atoms with Gasteiger partial charge < -0.3 is 9.64 Å². The predicted molar refractivity (Wildman–Crippen MR) is 115 cm³/mol. The van der Waals surface area contributed by atoms with Gasteiger partial charge in [-0.15, -0.1) is 12.4 Å². The van der Waals surface area contributed by atoms with Gasteiger partial charge in [0.05, 0.1) is 15.7 Å². The van der Waals surface area contributed by atoms with Gasteiger partial charge in [-0.3, -0.25) is 9.20 Å². The number of nitrogens with zero attached hydrogens (tertiary/aromatic N) is 3. The zero-order chi connectivity index (χ0) is 19.0. The molecule has 2 aromatic heterocycles. The van der Waals surface area contributed by atoms with Crippen LogP contribution in [0.2, 0.25) is 10.0 Å². The average molecular weight is 494 g/mol. The van der Waals surface area contributed by atoms with Crippen molar-refractivity contribution in [2.45, 2.75) is 20.5 Å². The van der Waals surface area contributed by atoms with Gasteiger partial charge in [-0.2, -0.15) is 0 Å². The van der Waals surface area contributed by atoms with Gasteiger partial charge in [-0.25, -0.2) is 4.98 Å². The van der Waals surface area contributed by atoms with Gasteiger partial charge in [0, 0.05) is 31.4 Å². The van der Waals surface area contributed by atoms with E-state index in [0.29, 0.717) is 32.7 Å². The lowest BCUT2D eigenvalue weighted by atomic mass is 10.2. The molecule has 0 aliphatic heterocycles. The molecule has 3 aromatic rings. The van der Waals surface area contributed by atoms with Crippen molar-refractivity contribution in [3.05, 3.63) is 56.4 Å². The highest BCUT2D eigenvalue weighted by atomic mass is 79.9. The van der Waals surface area contributed by atoms with Gasteiger partial charge in [0.1, 0.15) is 11.2 Å². The molecule has 0 atom stereocenters. The van der Waals surface area contributed by atoms with Crippen LogP contribution in [-0.2, 0) is 11.4 Å². The number of ether oxygens (including phenoxy) is 1. The number of imidazole rings is 1. The Morgan fingerprint density at radius 3 is 2.56 bits per heavy atom. The van der Waals surface area contributed by atoms with Crippen molar-refractivity contribution in [3.63, 3.8) is 0 Å². The van der Waals surface area contributed by atoms with Gasteiger partial charge in [0.2, 0.25) is 5.91 Å². The molecule has 0 spiro atoms. The number of aryl methyl sites for hydroxylation is 1. The predicted octanol–water partition coefficient (Wildman–Crippen LogP) is 5.70. The number of benzene rings is 1. The SMILES string of the molecule is CC(=O)N(C)c1cc(Cl)c(COc2cccn3c(Br)c(C)nc23)c(Cl)c1.Cl. The second kappa shape index (κ2) is 8.69. The van der Waals surface area contributed by atoms with Gasteiger partial charge in [-0.05, 0) is 47.1 Å². The minimum absolute atomic E-state index is 0. The summed E-state index contributed by atoms with van der Waals surface area (Å²) in [7, 11) is 1.67. The molecule has 9 heteroatoms. The smallest absolute Gasteiger partial charge is 0.223 e. The Morgan fingerprint density at radius 1 is 1.33 bits per heavy atom. The Bertz CT molecular complexity index is 984. The molecule has 27 heavy (non-hydrogen) atoms. The standard InChI is InChI=1S/C18H16BrCl2N3O2.ClH/c1-10-17(19)24-6-4-5-16(18(24)22-10)26-9-13-14(20)7-12(8-15(13)21)23(3)11(2)25;/h4-8H,9H2,1-3H3;1H. The fourth-order valence-electron chi connectivity index (χ4n) is 2.49. The summed E-state index contributed by atoms with van der Waals surface area (Å²) in [5.41, 5.74) is 2.86. The molecule has 0 saturated heterocycles. The van der Waals surface area contributed by atoms with E-state index in [9.17, 15) is 4.79 Å². The Balaban J connectivity index is 0.00000261. The van der Waals surface area contributed by atoms with E-state index >= 15 is 0 Å². The van der Waals surface area contributed by atoms with Crippen LogP contribution in [0.25, 0.3) is 5.65 Å². The fraction of sp³-hybridized carbons (Fsp3) is 0.222. The number of fused-ring (bicyclic) bond motifs is 1. The second-order valence-corrected chi connectivity index (χ2v) is 7.37. The topological polar surface area (TPSA) is 46.8 Å². The molecule has 0 fully saturated rings. The molecule has 0 aliphatic carbocycles. The lowest BCUT2D eigenvalue weighted by Gasteiger charge is -2.18. The minimum atomic E-state index is -0.104. The molecule has 0 aliphatic rings. The summed E-state index contributed by atoms with van der Waals surface area (Å²) in [6, 6.07) is 7.12. The molecule has 1 aromatic carbocycles. The van der Waals surface area contributed by atoms with Crippen LogP contribution >= 0.6 is 51.5 Å². The van der Waals surface area contributed by atoms with E-state index in [1.54, 1.807) is 19.2 Å². The summed E-state index contributed by atoms with van der Waals surface area (Å²) in [6.07, 6.45) is 1.90. The van der Waals surface area contributed by atoms with Gasteiger partial charge in [0.15, 0.2) is 11.4 Å². The third-order valence-electron chi connectivity index (χ3n) is 4.07. The van der Waals surface area contributed by atoms with E-state index in [4.69, 9.17) is 27.9 Å². The number of pyridine rings is 1. The largest absolute Gasteiger partial charge is 0.485 e. The van der Waals surface area contributed by atoms with Crippen molar-refractivity contribution in [2.75, 3.05) is 11.9 Å². The molecule has 0 unspecified atom stereocenters. The first-order valence-electron chi connectivity index (χ1n) is 7.77. The molecule has 5 nitrogen and oxygen atoms in total. The highest BCUT2D eigenvalue weighted by Gasteiger charge is 2.15. The van der Waals surface area contributed by atoms with E-state index < -0.39 is 0 Å². The average Bonchev–Trinajstić information content (AvgIpc) is 2.88. The molecule has 3 rings (SSSR count). The van der Waals surface area contributed by atoms with Gasteiger partial charge in [0.25, 0.3) is 0 Å². The van der Waals surface area contributed by atoms with Crippen LogP contribution in [-0.4, -0.2) is 22.3 Å². The zero-order valence-electron chi connectivity index (χ0n) is 14.8. The van der Waals surface area contributed by atoms with Crippen molar-refractivity contribution >= 4 is 68.8 Å². The minimum Gasteiger partial charge on any atom is -0.485 e. The third-order valence-corrected chi connectivity index (χ3v) is 5.70. The number of carbonyl (C=O) groups is 1. The van der Waals surface area contributed by atoms with E-state index in [1.165, 1.54) is 11.8 Å². The van der Waals surface area contributed by atoms with Crippen LogP contribution in [0.15, 0.2) is 35.1 Å². The third kappa shape index (κ3) is 4.35. The van der Waals surface area contributed by atoms with E-state index in [0.717, 1.165) is 10.3 Å². The Kier molecular flexibility index (Phi) is 7.03. The maximum atomic E-state index is 11.5. The summed E-state index contributed by atoms with van der Waals surface area (Å²) in [6.45, 7) is 3.58. The Morgan fingerprint density at radius 2 is 1.96 bits per heavy atom. The molecule has 2 heterocycles. The van der Waals surface area contributed by atoms with Crippen molar-refractivity contribution in [2.24, 2.45) is 0 Å². The van der Waals surface area contributed by atoms with Crippen LogP contribution in [0.4, 0.5) is 5.69 Å². The zero-order valence-corrected chi connectivity index (χ0v) is 18.7. The van der Waals surface area contributed by atoms with Crippen molar-refractivity contribution in [3.8, 4) is 5.75 Å². The first kappa shape index (κ1) is 21.8. The number of amides is 1. The first-order chi connectivity index (χ1) is 12.3. The maximum absolute atomic E-state index is 11.5. The van der Waals surface area contributed by atoms with Crippen LogP contribution in [0, 0.1) is 6.92 Å². The molecule has 0 N–H and O–H groups in total. The van der Waals surface area contributed by atoms with Crippen LogP contribution in [0.1, 0.15) is 18.2 Å². The maximum Gasteiger partial charge on any atom is 0.223 e. The summed E-state index contributed by atoms with van der Waals surface area (Å²) in [5.74, 6) is 0.520. The van der Waals surface area contributed by atoms with E-state index in [2.05, 4.69) is 20.9 Å². The lowest BCUT2D eigenvalue weighted by molar-refractivity contribution is -0.116. The Labute approximate surface area is 181 Å². The molecule has 0 bridgehead atoms. The number of halogens is 4. The van der Waals surface area contributed by atoms with E-state index in [-0.39, 0.29) is 24.9 Å². The van der Waals surface area contributed by atoms with Crippen molar-refractivity contribution < 1.29 is 9.53 Å². The molecule has 0 saturated carbocycles. The molecule has 144 valence electrons. The molecular formula is C18H17BrCl3N3O2. The summed E-state index contributed by atoms with van der Waals surface area (Å²) in [5, 5.41) is 0.876. The van der Waals surface area contributed by atoms with Crippen LogP contribution < -0.4 is 9.64 Å². The van der Waals surface area contributed by atoms with Crippen LogP contribution in [0.5, 0.6) is 5.75 Å². The summed E-state index contributed by atoms with van der Waals surface area (Å²) < 4.78 is 8.71. The number of carbonyl (C=O) groups excluding carboxylic acids is 1. The van der Waals surface area contributed by atoms with Crippen molar-refractivity contribution in [1.29, 1.82) is 0 Å². The molecular weight excluding hydrogens is 476 g/mol. The summed E-state index contributed by atoms with van der Waals surface area (Å²) in [4.78, 5) is 17.5. The number of hydrogen-bond donors (Lipinski definition) is 0. The molecule has 0 radical (unpaired) electrons. The number of rotatable bonds is 4. The molecule has 1 amide bonds. The number of anilines is 1. The highest BCUT2D eigenvalue weighted by molar-refractivity contribution is 9.10. The quantitative estimate of drug-likeness (QED) is 0.469. The first-order valence-corrected chi connectivity index (χ1v) is 9.32. The number of hydrogen-bond acceptors (Lipinski definition) is 3. The van der Waals surface area contributed by atoms with E-state index in [1.807, 2.05) is 29.7 Å². The Hall–Kier alpha value is -1.47. The van der Waals surface area contributed by atoms with Crippen LogP contribution in [0.3, 0.4) is 0 Å².